The minimum absolute atomic E-state index is 0.0366. The SMILES string of the molecule is Clc1ccc(C2OC2(Cn2ccnc2)c2ccccc2)cc1. The standard InChI is InChI=1S/C18H15ClN2O/c19-16-8-6-14(7-9-16)17-18(22-17,12-21-11-10-20-13-21)15-4-2-1-3-5-15/h1-11,13,17H,12H2. The van der Waals surface area contributed by atoms with Crippen LogP contribution in [-0.2, 0) is 16.9 Å². The molecule has 1 aliphatic heterocycles. The van der Waals surface area contributed by atoms with Gasteiger partial charge in [0.2, 0.25) is 0 Å². The molecule has 0 saturated carbocycles. The first-order valence-corrected chi connectivity index (χ1v) is 7.60. The van der Waals surface area contributed by atoms with Gasteiger partial charge in [-0.25, -0.2) is 4.98 Å². The number of aromatic nitrogens is 2. The molecule has 0 amide bonds. The highest BCUT2D eigenvalue weighted by molar-refractivity contribution is 6.30. The van der Waals surface area contributed by atoms with Gasteiger partial charge in [-0.1, -0.05) is 54.1 Å². The quantitative estimate of drug-likeness (QED) is 0.676. The molecule has 2 unspecified atom stereocenters. The predicted octanol–water partition coefficient (Wildman–Crippen LogP) is 4.20. The van der Waals surface area contributed by atoms with Crippen molar-refractivity contribution in [2.45, 2.75) is 18.2 Å². The van der Waals surface area contributed by atoms with Crippen LogP contribution in [0.3, 0.4) is 0 Å². The monoisotopic (exact) mass is 310 g/mol. The molecule has 3 aromatic rings. The summed E-state index contributed by atoms with van der Waals surface area (Å²) in [5.41, 5.74) is 1.99. The highest BCUT2D eigenvalue weighted by Crippen LogP contribution is 2.58. The third-order valence-corrected chi connectivity index (χ3v) is 4.36. The van der Waals surface area contributed by atoms with E-state index in [9.17, 15) is 0 Å². The molecule has 1 aliphatic rings. The topological polar surface area (TPSA) is 30.4 Å². The van der Waals surface area contributed by atoms with Gasteiger partial charge in [0, 0.05) is 17.4 Å². The van der Waals surface area contributed by atoms with E-state index in [0.29, 0.717) is 0 Å². The molecular weight excluding hydrogens is 296 g/mol. The van der Waals surface area contributed by atoms with Crippen molar-refractivity contribution in [1.29, 1.82) is 0 Å². The molecule has 22 heavy (non-hydrogen) atoms. The summed E-state index contributed by atoms with van der Waals surface area (Å²) in [6.45, 7) is 0.740. The van der Waals surface area contributed by atoms with E-state index in [1.807, 2.05) is 55.0 Å². The number of ether oxygens (including phenoxy) is 1. The molecule has 0 spiro atoms. The molecule has 4 rings (SSSR count). The average Bonchev–Trinajstić information content (AvgIpc) is 3.04. The van der Waals surface area contributed by atoms with Crippen LogP contribution in [0.4, 0.5) is 0 Å². The summed E-state index contributed by atoms with van der Waals surface area (Å²) in [5.74, 6) is 0. The van der Waals surface area contributed by atoms with Crippen molar-refractivity contribution in [3.8, 4) is 0 Å². The average molecular weight is 311 g/mol. The number of halogens is 1. The zero-order valence-corrected chi connectivity index (χ0v) is 12.6. The molecular formula is C18H15ClN2O. The second-order valence-electron chi connectivity index (χ2n) is 5.54. The van der Waals surface area contributed by atoms with E-state index in [2.05, 4.69) is 21.7 Å². The van der Waals surface area contributed by atoms with E-state index >= 15 is 0 Å². The summed E-state index contributed by atoms with van der Waals surface area (Å²) < 4.78 is 8.26. The summed E-state index contributed by atoms with van der Waals surface area (Å²) in [7, 11) is 0. The number of nitrogens with zero attached hydrogens (tertiary/aromatic N) is 2. The largest absolute Gasteiger partial charge is 0.354 e. The Labute approximate surface area is 134 Å². The minimum Gasteiger partial charge on any atom is -0.354 e. The maximum atomic E-state index is 6.20. The van der Waals surface area contributed by atoms with Crippen LogP contribution in [0.2, 0.25) is 5.02 Å². The number of benzene rings is 2. The van der Waals surface area contributed by atoms with Crippen LogP contribution < -0.4 is 0 Å². The Hall–Kier alpha value is -2.10. The Bertz CT molecular complexity index is 756. The number of imidazole rings is 1. The molecule has 0 bridgehead atoms. The molecule has 0 aliphatic carbocycles. The fourth-order valence-electron chi connectivity index (χ4n) is 2.95. The number of hydrogen-bond donors (Lipinski definition) is 0. The van der Waals surface area contributed by atoms with Crippen molar-refractivity contribution in [1.82, 2.24) is 9.55 Å². The summed E-state index contributed by atoms with van der Waals surface area (Å²) in [4.78, 5) is 4.13. The molecule has 1 aromatic heterocycles. The third-order valence-electron chi connectivity index (χ3n) is 4.11. The fourth-order valence-corrected chi connectivity index (χ4v) is 3.08. The zero-order chi connectivity index (χ0) is 15.0. The Kier molecular flexibility index (Phi) is 3.25. The lowest BCUT2D eigenvalue weighted by atomic mass is 9.91. The van der Waals surface area contributed by atoms with Crippen LogP contribution in [-0.4, -0.2) is 9.55 Å². The van der Waals surface area contributed by atoms with Gasteiger partial charge in [0.15, 0.2) is 0 Å². The van der Waals surface area contributed by atoms with Gasteiger partial charge in [-0.3, -0.25) is 0 Å². The maximum Gasteiger partial charge on any atom is 0.142 e. The Morgan fingerprint density at radius 3 is 2.55 bits per heavy atom. The van der Waals surface area contributed by atoms with Crippen LogP contribution in [0.25, 0.3) is 0 Å². The normalized spacial score (nSPS) is 23.4. The van der Waals surface area contributed by atoms with Crippen molar-refractivity contribution in [2.24, 2.45) is 0 Å². The molecule has 4 heteroatoms. The van der Waals surface area contributed by atoms with E-state index in [1.54, 1.807) is 6.20 Å². The second kappa shape index (κ2) is 5.27. The van der Waals surface area contributed by atoms with E-state index in [-0.39, 0.29) is 11.7 Å². The van der Waals surface area contributed by atoms with Gasteiger partial charge in [0.05, 0.1) is 12.9 Å². The van der Waals surface area contributed by atoms with Crippen LogP contribution >= 0.6 is 11.6 Å². The van der Waals surface area contributed by atoms with Crippen LogP contribution in [0.1, 0.15) is 17.2 Å². The highest BCUT2D eigenvalue weighted by atomic mass is 35.5. The first-order valence-electron chi connectivity index (χ1n) is 7.22. The van der Waals surface area contributed by atoms with Gasteiger partial charge >= 0.3 is 0 Å². The van der Waals surface area contributed by atoms with Gasteiger partial charge in [0.25, 0.3) is 0 Å². The van der Waals surface area contributed by atoms with E-state index < -0.39 is 0 Å². The van der Waals surface area contributed by atoms with Crippen LogP contribution in [0, 0.1) is 0 Å². The van der Waals surface area contributed by atoms with Crippen molar-refractivity contribution in [3.05, 3.63) is 89.5 Å². The lowest BCUT2D eigenvalue weighted by Crippen LogP contribution is -2.18. The predicted molar refractivity (Wildman–Crippen MR) is 85.6 cm³/mol. The summed E-state index contributed by atoms with van der Waals surface area (Å²) >= 11 is 5.99. The second-order valence-corrected chi connectivity index (χ2v) is 5.98. The molecule has 1 fully saturated rings. The lowest BCUT2D eigenvalue weighted by Gasteiger charge is -2.14. The van der Waals surface area contributed by atoms with Gasteiger partial charge < -0.3 is 9.30 Å². The molecule has 2 heterocycles. The van der Waals surface area contributed by atoms with Gasteiger partial charge in [0.1, 0.15) is 11.7 Å². The smallest absolute Gasteiger partial charge is 0.142 e. The molecule has 0 N–H and O–H groups in total. The van der Waals surface area contributed by atoms with Crippen LogP contribution in [0.15, 0.2) is 73.3 Å². The van der Waals surface area contributed by atoms with E-state index in [1.165, 1.54) is 5.56 Å². The Balaban J connectivity index is 1.70. The number of hydrogen-bond acceptors (Lipinski definition) is 2. The zero-order valence-electron chi connectivity index (χ0n) is 11.9. The molecule has 3 nitrogen and oxygen atoms in total. The maximum absolute atomic E-state index is 6.20. The summed E-state index contributed by atoms with van der Waals surface area (Å²) in [6.07, 6.45) is 5.61. The van der Waals surface area contributed by atoms with E-state index in [0.717, 1.165) is 17.1 Å². The Morgan fingerprint density at radius 1 is 1.09 bits per heavy atom. The first kappa shape index (κ1) is 13.6. The third kappa shape index (κ3) is 2.32. The fraction of sp³-hybridized carbons (Fsp3) is 0.167. The lowest BCUT2D eigenvalue weighted by molar-refractivity contribution is 0.270. The number of rotatable bonds is 4. The Morgan fingerprint density at radius 2 is 1.86 bits per heavy atom. The van der Waals surface area contributed by atoms with Crippen molar-refractivity contribution >= 4 is 11.6 Å². The minimum atomic E-state index is -0.338. The summed E-state index contributed by atoms with van der Waals surface area (Å²) in [5, 5.41) is 0.740. The van der Waals surface area contributed by atoms with Gasteiger partial charge in [-0.2, -0.15) is 0 Å². The summed E-state index contributed by atoms with van der Waals surface area (Å²) in [6, 6.07) is 18.2. The molecule has 2 atom stereocenters. The van der Waals surface area contributed by atoms with Gasteiger partial charge in [-0.05, 0) is 23.3 Å². The highest BCUT2D eigenvalue weighted by Gasteiger charge is 2.58. The molecule has 0 radical (unpaired) electrons. The van der Waals surface area contributed by atoms with Crippen molar-refractivity contribution in [3.63, 3.8) is 0 Å². The van der Waals surface area contributed by atoms with Crippen molar-refractivity contribution in [2.75, 3.05) is 0 Å². The molecule has 1 saturated heterocycles. The van der Waals surface area contributed by atoms with E-state index in [4.69, 9.17) is 16.3 Å². The molecule has 2 aromatic carbocycles. The van der Waals surface area contributed by atoms with Crippen LogP contribution in [0.5, 0.6) is 0 Å². The van der Waals surface area contributed by atoms with Gasteiger partial charge in [-0.15, -0.1) is 0 Å². The van der Waals surface area contributed by atoms with Crippen molar-refractivity contribution < 1.29 is 4.74 Å². The number of epoxide rings is 1. The molecule has 110 valence electrons. The first-order chi connectivity index (χ1) is 10.8.